The van der Waals surface area contributed by atoms with Crippen molar-refractivity contribution in [3.8, 4) is 5.75 Å². The van der Waals surface area contributed by atoms with Crippen molar-refractivity contribution in [3.63, 3.8) is 0 Å². The Labute approximate surface area is 226 Å². The molecule has 210 valence electrons. The van der Waals surface area contributed by atoms with E-state index in [1.807, 2.05) is 30.0 Å². The van der Waals surface area contributed by atoms with E-state index in [9.17, 15) is 34.2 Å². The highest BCUT2D eigenvalue weighted by atomic mass is 16.3. The van der Waals surface area contributed by atoms with Gasteiger partial charge in [0, 0.05) is 51.9 Å². The normalized spacial score (nSPS) is 32.6. The Morgan fingerprint density at radius 2 is 1.74 bits per heavy atom. The summed E-state index contributed by atoms with van der Waals surface area (Å²) in [6, 6.07) is 0.727. The summed E-state index contributed by atoms with van der Waals surface area (Å²) >= 11 is 0. The van der Waals surface area contributed by atoms with Crippen LogP contribution in [0.1, 0.15) is 22.3 Å². The van der Waals surface area contributed by atoms with Crippen LogP contribution >= 0.6 is 0 Å². The number of fused-ring (bicyclic) bond motifs is 3. The lowest BCUT2D eigenvalue weighted by atomic mass is 9.52. The van der Waals surface area contributed by atoms with Gasteiger partial charge in [-0.15, -0.1) is 0 Å². The van der Waals surface area contributed by atoms with Crippen molar-refractivity contribution >= 4 is 40.4 Å². The lowest BCUT2D eigenvalue weighted by molar-refractivity contribution is -0.181. The van der Waals surface area contributed by atoms with Crippen molar-refractivity contribution in [2.75, 3.05) is 64.2 Å². The second kappa shape index (κ2) is 9.39. The number of ketones is 4. The molecule has 5 N–H and O–H groups in total. The zero-order valence-electron chi connectivity index (χ0n) is 22.6. The number of Topliss-reactive ketones (excluding diaryl/α,β-unsaturated/α-hetero) is 4. The van der Waals surface area contributed by atoms with Crippen molar-refractivity contribution in [2.24, 2.45) is 29.4 Å². The number of nitrogens with two attached hydrogens (primary N) is 1. The molecule has 1 aromatic carbocycles. The quantitative estimate of drug-likeness (QED) is 0.321. The average Bonchev–Trinajstić information content (AvgIpc) is 2.86. The van der Waals surface area contributed by atoms with Gasteiger partial charge in [-0.05, 0) is 44.5 Å². The Morgan fingerprint density at radius 3 is 2.31 bits per heavy atom. The first-order valence-corrected chi connectivity index (χ1v) is 13.2. The number of benzene rings is 1. The standard InChI is InChI=1S/C27H35N5O7/c1-30(2)15-11-16(32-7-5-29-6-8-32)21(33)18-13(15)9-12-10-14-20(31(3)4)23(35)19(26(28)38)25(37)27(14,39)24(36)17(12)22(18)34/h11-12,14,17,19-20,29,33,39H,5-10H2,1-4H3,(H2,28,38)/t12-,14-,17?,19?,20-,27-/m0/s1. The molecule has 1 amide bonds. The van der Waals surface area contributed by atoms with Crippen LogP contribution in [0, 0.1) is 23.7 Å². The van der Waals surface area contributed by atoms with E-state index in [1.165, 1.54) is 4.90 Å². The maximum atomic E-state index is 14.1. The van der Waals surface area contributed by atoms with Gasteiger partial charge in [-0.25, -0.2) is 0 Å². The summed E-state index contributed by atoms with van der Waals surface area (Å²) < 4.78 is 0. The highest BCUT2D eigenvalue weighted by molar-refractivity contribution is 6.32. The van der Waals surface area contributed by atoms with E-state index in [0.717, 1.165) is 5.69 Å². The van der Waals surface area contributed by atoms with Crippen LogP contribution in [0.3, 0.4) is 0 Å². The number of anilines is 2. The van der Waals surface area contributed by atoms with E-state index in [-0.39, 0.29) is 24.2 Å². The second-order valence-corrected chi connectivity index (χ2v) is 11.5. The van der Waals surface area contributed by atoms with Crippen LogP contribution in [0.2, 0.25) is 0 Å². The Morgan fingerprint density at radius 1 is 1.10 bits per heavy atom. The predicted octanol–water partition coefficient (Wildman–Crippen LogP) is -1.66. The van der Waals surface area contributed by atoms with Gasteiger partial charge in [0.1, 0.15) is 5.75 Å². The molecule has 4 aliphatic rings. The largest absolute Gasteiger partial charge is 0.505 e. The molecule has 0 radical (unpaired) electrons. The van der Waals surface area contributed by atoms with Gasteiger partial charge in [0.15, 0.2) is 34.7 Å². The van der Waals surface area contributed by atoms with Crippen molar-refractivity contribution < 1.29 is 34.2 Å². The molecule has 1 saturated heterocycles. The number of nitrogens with one attached hydrogen (secondary N) is 1. The molecule has 1 aromatic rings. The third-order valence-electron chi connectivity index (χ3n) is 8.96. The van der Waals surface area contributed by atoms with Crippen LogP contribution in [0.4, 0.5) is 11.4 Å². The van der Waals surface area contributed by atoms with Gasteiger partial charge in [-0.2, -0.15) is 0 Å². The SMILES string of the molecule is CN(C)c1cc(N2CCNCC2)c(O)c2c1C[C@H]1C[C@H]3[C@H](N(C)C)C(=O)C(C(N)=O)C(=O)[C@@]3(O)C(=O)C1C2=O. The van der Waals surface area contributed by atoms with Gasteiger partial charge in [-0.1, -0.05) is 0 Å². The van der Waals surface area contributed by atoms with Crippen molar-refractivity contribution in [1.29, 1.82) is 0 Å². The molecule has 2 unspecified atom stereocenters. The zero-order chi connectivity index (χ0) is 28.5. The van der Waals surface area contributed by atoms with Crippen molar-refractivity contribution in [3.05, 3.63) is 17.2 Å². The number of primary amides is 1. The molecule has 2 saturated carbocycles. The number of hydrogen-bond acceptors (Lipinski definition) is 11. The Balaban J connectivity index is 1.65. The first-order chi connectivity index (χ1) is 18.3. The number of rotatable bonds is 4. The third-order valence-corrected chi connectivity index (χ3v) is 8.96. The number of phenolic OH excluding ortho intramolecular Hbond substituents is 1. The number of amides is 1. The Hall–Kier alpha value is -3.35. The Bertz CT molecular complexity index is 1290. The van der Waals surface area contributed by atoms with Crippen LogP contribution in [0.15, 0.2) is 6.07 Å². The third kappa shape index (κ3) is 3.80. The molecule has 6 atom stereocenters. The molecule has 12 heteroatoms. The predicted molar refractivity (Wildman–Crippen MR) is 141 cm³/mol. The molecular formula is C27H35N5O7. The summed E-state index contributed by atoms with van der Waals surface area (Å²) in [6.07, 6.45) is 0.256. The molecule has 0 aromatic heterocycles. The molecule has 1 aliphatic heterocycles. The number of carbonyl (C=O) groups is 5. The molecule has 0 spiro atoms. The molecule has 39 heavy (non-hydrogen) atoms. The molecule has 5 rings (SSSR count). The highest BCUT2D eigenvalue weighted by Crippen LogP contribution is 2.53. The summed E-state index contributed by atoms with van der Waals surface area (Å²) in [5, 5.41) is 26.4. The van der Waals surface area contributed by atoms with Crippen molar-refractivity contribution in [1.82, 2.24) is 10.2 Å². The molecule has 0 bridgehead atoms. The minimum Gasteiger partial charge on any atom is -0.505 e. The number of hydrogen-bond donors (Lipinski definition) is 4. The van der Waals surface area contributed by atoms with E-state index >= 15 is 0 Å². The fourth-order valence-corrected chi connectivity index (χ4v) is 7.18. The number of piperazine rings is 1. The van der Waals surface area contributed by atoms with Crippen LogP contribution in [0.5, 0.6) is 5.75 Å². The number of likely N-dealkylation sites (N-methyl/N-ethyl adjacent to an activating group) is 1. The van der Waals surface area contributed by atoms with Crippen LogP contribution in [0.25, 0.3) is 0 Å². The first-order valence-electron chi connectivity index (χ1n) is 13.2. The van der Waals surface area contributed by atoms with Crippen molar-refractivity contribution in [2.45, 2.75) is 24.5 Å². The number of aromatic hydroxyl groups is 1. The number of aliphatic hydroxyl groups is 1. The Kier molecular flexibility index (Phi) is 6.55. The topological polar surface area (TPSA) is 174 Å². The fourth-order valence-electron chi connectivity index (χ4n) is 7.18. The smallest absolute Gasteiger partial charge is 0.235 e. The minimum absolute atomic E-state index is 0.0151. The first kappa shape index (κ1) is 27.2. The van der Waals surface area contributed by atoms with Gasteiger partial charge in [0.25, 0.3) is 0 Å². The average molecular weight is 542 g/mol. The summed E-state index contributed by atoms with van der Waals surface area (Å²) in [7, 11) is 6.79. The van der Waals surface area contributed by atoms with E-state index in [2.05, 4.69) is 5.32 Å². The maximum absolute atomic E-state index is 14.1. The number of phenols is 1. The maximum Gasteiger partial charge on any atom is 0.235 e. The summed E-state index contributed by atoms with van der Waals surface area (Å²) in [4.78, 5) is 72.2. The number of carbonyl (C=O) groups excluding carboxylic acids is 5. The molecule has 12 nitrogen and oxygen atoms in total. The van der Waals surface area contributed by atoms with Crippen LogP contribution < -0.4 is 20.9 Å². The van der Waals surface area contributed by atoms with Crippen LogP contribution in [-0.2, 0) is 25.6 Å². The molecule has 1 heterocycles. The summed E-state index contributed by atoms with van der Waals surface area (Å²) in [5.74, 6) is -10.4. The van der Waals surface area contributed by atoms with Gasteiger partial charge < -0.3 is 31.1 Å². The van der Waals surface area contributed by atoms with E-state index in [0.29, 0.717) is 37.4 Å². The summed E-state index contributed by atoms with van der Waals surface area (Å²) in [6.45, 7) is 2.63. The molecular weight excluding hydrogens is 506 g/mol. The summed E-state index contributed by atoms with van der Waals surface area (Å²) in [5.41, 5.74) is 4.46. The molecule has 3 fully saturated rings. The van der Waals surface area contributed by atoms with Gasteiger partial charge in [0.05, 0.1) is 23.2 Å². The minimum atomic E-state index is -2.73. The lowest BCUT2D eigenvalue weighted by Crippen LogP contribution is -2.74. The highest BCUT2D eigenvalue weighted by Gasteiger charge is 2.69. The number of nitrogens with zero attached hydrogens (tertiary/aromatic N) is 3. The monoisotopic (exact) mass is 541 g/mol. The second-order valence-electron chi connectivity index (χ2n) is 11.5. The zero-order valence-corrected chi connectivity index (χ0v) is 22.6. The van der Waals surface area contributed by atoms with Gasteiger partial charge in [-0.3, -0.25) is 28.9 Å². The van der Waals surface area contributed by atoms with E-state index < -0.39 is 64.4 Å². The lowest BCUT2D eigenvalue weighted by Gasteiger charge is -2.52. The van der Waals surface area contributed by atoms with Gasteiger partial charge in [0.2, 0.25) is 5.91 Å². The van der Waals surface area contributed by atoms with E-state index in [4.69, 9.17) is 5.73 Å². The van der Waals surface area contributed by atoms with Crippen LogP contribution in [-0.4, -0.2) is 110 Å². The molecule has 3 aliphatic carbocycles. The van der Waals surface area contributed by atoms with Gasteiger partial charge >= 0.3 is 0 Å². The van der Waals surface area contributed by atoms with E-state index in [1.54, 1.807) is 14.1 Å². The fraction of sp³-hybridized carbons (Fsp3) is 0.593.